The van der Waals surface area contributed by atoms with Crippen molar-refractivity contribution in [2.75, 3.05) is 11.4 Å². The quantitative estimate of drug-likeness (QED) is 0.818. The fourth-order valence-electron chi connectivity index (χ4n) is 2.69. The molecule has 3 rings (SSSR count). The highest BCUT2D eigenvalue weighted by atomic mass is 16.2. The first kappa shape index (κ1) is 12.2. The molecular weight excluding hydrogens is 240 g/mol. The van der Waals surface area contributed by atoms with Crippen LogP contribution in [0.4, 0.5) is 10.5 Å². The molecule has 1 aromatic rings. The molecule has 1 heterocycles. The Morgan fingerprint density at radius 1 is 1.00 bits per heavy atom. The molecule has 0 N–H and O–H groups in total. The Bertz CT molecular complexity index is 482. The van der Waals surface area contributed by atoms with E-state index in [2.05, 4.69) is 0 Å². The predicted octanol–water partition coefficient (Wildman–Crippen LogP) is 2.79. The standard InChI is InChI=1S/C15H18N2O2/c18-14-10-5-11-16(12-6-2-1-3-7-12)15(19)17(14)13-8-4-9-13/h1-3,6-7,13H,4-5,8-11H2. The molecule has 19 heavy (non-hydrogen) atoms. The maximum Gasteiger partial charge on any atom is 0.331 e. The smallest absolute Gasteiger partial charge is 0.294 e. The molecule has 2 aliphatic rings. The summed E-state index contributed by atoms with van der Waals surface area (Å²) in [7, 11) is 0. The van der Waals surface area contributed by atoms with Crippen LogP contribution in [0.5, 0.6) is 0 Å². The Balaban J connectivity index is 1.88. The molecule has 0 radical (unpaired) electrons. The monoisotopic (exact) mass is 258 g/mol. The average Bonchev–Trinajstić information content (AvgIpc) is 2.51. The van der Waals surface area contributed by atoms with Crippen molar-refractivity contribution in [2.45, 2.75) is 38.1 Å². The van der Waals surface area contributed by atoms with E-state index in [0.29, 0.717) is 13.0 Å². The van der Waals surface area contributed by atoms with Crippen molar-refractivity contribution in [2.24, 2.45) is 0 Å². The summed E-state index contributed by atoms with van der Waals surface area (Å²) in [6.45, 7) is 0.623. The molecule has 0 bridgehead atoms. The van der Waals surface area contributed by atoms with E-state index in [4.69, 9.17) is 0 Å². The van der Waals surface area contributed by atoms with Gasteiger partial charge in [-0.1, -0.05) is 18.2 Å². The third kappa shape index (κ3) is 2.23. The van der Waals surface area contributed by atoms with E-state index in [1.165, 1.54) is 4.90 Å². The fraction of sp³-hybridized carbons (Fsp3) is 0.467. The highest BCUT2D eigenvalue weighted by Crippen LogP contribution is 2.29. The number of hydrogen-bond donors (Lipinski definition) is 0. The summed E-state index contributed by atoms with van der Waals surface area (Å²) in [4.78, 5) is 28.0. The van der Waals surface area contributed by atoms with Crippen LogP contribution in [0.1, 0.15) is 32.1 Å². The molecule has 1 aliphatic heterocycles. The highest BCUT2D eigenvalue weighted by Gasteiger charge is 2.37. The maximum atomic E-state index is 12.6. The zero-order valence-electron chi connectivity index (χ0n) is 10.9. The van der Waals surface area contributed by atoms with Gasteiger partial charge in [-0.15, -0.1) is 0 Å². The van der Waals surface area contributed by atoms with Crippen LogP contribution in [-0.2, 0) is 4.79 Å². The lowest BCUT2D eigenvalue weighted by atomic mass is 9.91. The van der Waals surface area contributed by atoms with E-state index in [-0.39, 0.29) is 18.0 Å². The minimum atomic E-state index is -0.140. The molecule has 1 saturated carbocycles. The number of amides is 3. The van der Waals surface area contributed by atoms with Gasteiger partial charge in [-0.25, -0.2) is 4.79 Å². The topological polar surface area (TPSA) is 40.6 Å². The Kier molecular flexibility index (Phi) is 3.23. The number of benzene rings is 1. The van der Waals surface area contributed by atoms with E-state index >= 15 is 0 Å². The molecule has 0 aromatic heterocycles. The normalized spacial score (nSPS) is 21.3. The Morgan fingerprint density at radius 3 is 2.37 bits per heavy atom. The summed E-state index contributed by atoms with van der Waals surface area (Å²) in [6, 6.07) is 9.61. The molecule has 0 spiro atoms. The molecule has 4 nitrogen and oxygen atoms in total. The number of carbonyl (C=O) groups is 2. The summed E-state index contributed by atoms with van der Waals surface area (Å²) in [6.07, 6.45) is 4.25. The summed E-state index contributed by atoms with van der Waals surface area (Å²) >= 11 is 0. The Hall–Kier alpha value is -1.84. The number of anilines is 1. The molecule has 1 aromatic carbocycles. The number of imide groups is 1. The van der Waals surface area contributed by atoms with E-state index in [9.17, 15) is 9.59 Å². The highest BCUT2D eigenvalue weighted by molar-refractivity contribution is 6.04. The van der Waals surface area contributed by atoms with Gasteiger partial charge >= 0.3 is 6.03 Å². The summed E-state index contributed by atoms with van der Waals surface area (Å²) in [5, 5.41) is 0. The lowest BCUT2D eigenvalue weighted by Gasteiger charge is -2.37. The van der Waals surface area contributed by atoms with Crippen LogP contribution in [0.2, 0.25) is 0 Å². The van der Waals surface area contributed by atoms with Gasteiger partial charge in [-0.05, 0) is 37.8 Å². The largest absolute Gasteiger partial charge is 0.331 e. The van der Waals surface area contributed by atoms with Crippen molar-refractivity contribution in [3.8, 4) is 0 Å². The second kappa shape index (κ2) is 5.03. The summed E-state index contributed by atoms with van der Waals surface area (Å²) < 4.78 is 0. The number of para-hydroxylation sites is 1. The zero-order valence-corrected chi connectivity index (χ0v) is 10.9. The fourth-order valence-corrected chi connectivity index (χ4v) is 2.69. The molecule has 2 fully saturated rings. The molecule has 3 amide bonds. The van der Waals surface area contributed by atoms with Crippen LogP contribution in [0.25, 0.3) is 0 Å². The molecule has 4 heteroatoms. The van der Waals surface area contributed by atoms with Gasteiger partial charge in [0.2, 0.25) is 5.91 Å². The number of hydrogen-bond acceptors (Lipinski definition) is 2. The number of carbonyl (C=O) groups excluding carboxylic acids is 2. The molecule has 1 aliphatic carbocycles. The van der Waals surface area contributed by atoms with Crippen molar-refractivity contribution >= 4 is 17.6 Å². The minimum absolute atomic E-state index is 0.00636. The van der Waals surface area contributed by atoms with Gasteiger partial charge in [0.15, 0.2) is 0 Å². The van der Waals surface area contributed by atoms with Crippen molar-refractivity contribution in [1.82, 2.24) is 4.90 Å². The van der Waals surface area contributed by atoms with Gasteiger partial charge in [0.1, 0.15) is 0 Å². The minimum Gasteiger partial charge on any atom is -0.294 e. The van der Waals surface area contributed by atoms with E-state index in [0.717, 1.165) is 31.4 Å². The first-order chi connectivity index (χ1) is 9.27. The maximum absolute atomic E-state index is 12.6. The van der Waals surface area contributed by atoms with Crippen molar-refractivity contribution in [3.63, 3.8) is 0 Å². The second-order valence-electron chi connectivity index (χ2n) is 5.22. The predicted molar refractivity (Wildman–Crippen MR) is 72.9 cm³/mol. The van der Waals surface area contributed by atoms with Crippen LogP contribution < -0.4 is 4.90 Å². The van der Waals surface area contributed by atoms with Gasteiger partial charge in [0.25, 0.3) is 0 Å². The van der Waals surface area contributed by atoms with Crippen molar-refractivity contribution in [1.29, 1.82) is 0 Å². The van der Waals surface area contributed by atoms with Gasteiger partial charge in [-0.3, -0.25) is 14.6 Å². The lowest BCUT2D eigenvalue weighted by Crippen LogP contribution is -2.51. The summed E-state index contributed by atoms with van der Waals surface area (Å²) in [5.74, 6) is -0.00636. The van der Waals surface area contributed by atoms with Crippen LogP contribution in [0.15, 0.2) is 30.3 Å². The Morgan fingerprint density at radius 2 is 1.74 bits per heavy atom. The van der Waals surface area contributed by atoms with E-state index < -0.39 is 0 Å². The number of nitrogens with zero attached hydrogens (tertiary/aromatic N) is 2. The molecule has 1 saturated heterocycles. The zero-order chi connectivity index (χ0) is 13.2. The van der Waals surface area contributed by atoms with Gasteiger partial charge in [0.05, 0.1) is 0 Å². The summed E-state index contributed by atoms with van der Waals surface area (Å²) in [5.41, 5.74) is 0.881. The van der Waals surface area contributed by atoms with Crippen molar-refractivity contribution in [3.05, 3.63) is 30.3 Å². The first-order valence-electron chi connectivity index (χ1n) is 6.96. The molecular formula is C15H18N2O2. The molecule has 100 valence electrons. The SMILES string of the molecule is O=C1CCCN(c2ccccc2)C(=O)N1C1CCC1. The van der Waals surface area contributed by atoms with Gasteiger partial charge in [-0.2, -0.15) is 0 Å². The van der Waals surface area contributed by atoms with Crippen LogP contribution in [0.3, 0.4) is 0 Å². The van der Waals surface area contributed by atoms with Crippen molar-refractivity contribution < 1.29 is 9.59 Å². The van der Waals surface area contributed by atoms with Crippen LogP contribution in [-0.4, -0.2) is 29.4 Å². The van der Waals surface area contributed by atoms with E-state index in [1.54, 1.807) is 4.90 Å². The van der Waals surface area contributed by atoms with Gasteiger partial charge in [0, 0.05) is 24.7 Å². The third-order valence-electron chi connectivity index (χ3n) is 3.99. The number of rotatable bonds is 2. The third-order valence-corrected chi connectivity index (χ3v) is 3.99. The van der Waals surface area contributed by atoms with Crippen LogP contribution in [0, 0.1) is 0 Å². The second-order valence-corrected chi connectivity index (χ2v) is 5.22. The van der Waals surface area contributed by atoms with Crippen LogP contribution >= 0.6 is 0 Å². The van der Waals surface area contributed by atoms with Gasteiger partial charge < -0.3 is 0 Å². The Labute approximate surface area is 113 Å². The average molecular weight is 258 g/mol. The molecule has 0 unspecified atom stereocenters. The molecule has 0 atom stereocenters. The van der Waals surface area contributed by atoms with E-state index in [1.807, 2.05) is 30.3 Å². The number of urea groups is 1. The lowest BCUT2D eigenvalue weighted by molar-refractivity contribution is -0.130. The first-order valence-corrected chi connectivity index (χ1v) is 6.96.